The number of carbonyl (C=O) groups is 2. The minimum atomic E-state index is -0.505. The van der Waals surface area contributed by atoms with E-state index in [9.17, 15) is 9.59 Å². The second-order valence-electron chi connectivity index (χ2n) is 8.94. The molecule has 0 fully saturated rings. The van der Waals surface area contributed by atoms with E-state index in [2.05, 4.69) is 91.4 Å². The Morgan fingerprint density at radius 2 is 1.15 bits per heavy atom. The maximum absolute atomic E-state index is 12.3. The molecule has 0 radical (unpaired) electrons. The Morgan fingerprint density at radius 3 is 1.79 bits per heavy atom. The Morgan fingerprint density at radius 1 is 0.590 bits per heavy atom. The molecule has 0 saturated heterocycles. The third kappa shape index (κ3) is 7.13. The maximum Gasteiger partial charge on any atom is 0.338 e. The molecule has 0 spiro atoms. The van der Waals surface area contributed by atoms with Crippen molar-refractivity contribution < 1.29 is 14.3 Å². The number of hydrogen-bond acceptors (Lipinski definition) is 4. The monoisotopic (exact) mass is 530 g/mol. The molecule has 0 heterocycles. The van der Waals surface area contributed by atoms with Crippen LogP contribution in [-0.4, -0.2) is 18.9 Å². The molecule has 5 aromatic carbocycles. The number of ether oxygens (including phenoxy) is 1. The second kappa shape index (κ2) is 13.4. The van der Waals surface area contributed by atoms with E-state index >= 15 is 0 Å². The summed E-state index contributed by atoms with van der Waals surface area (Å²) in [4.78, 5) is 26.5. The van der Waals surface area contributed by atoms with Crippen LogP contribution in [0.4, 0.5) is 0 Å². The van der Waals surface area contributed by atoms with Crippen molar-refractivity contribution in [3.63, 3.8) is 0 Å². The highest BCUT2D eigenvalue weighted by Crippen LogP contribution is 2.32. The van der Waals surface area contributed by atoms with Crippen molar-refractivity contribution in [2.45, 2.75) is 23.6 Å². The van der Waals surface area contributed by atoms with Crippen molar-refractivity contribution in [2.75, 3.05) is 7.11 Å². The quantitative estimate of drug-likeness (QED) is 0.162. The SMILES string of the molecule is COC(=O)c1ccccc1C(=O)c1ccccc1.Cc1ccccc1Sc1ccc(-c2ccccc2C)cc1. The number of benzene rings is 5. The van der Waals surface area contributed by atoms with Crippen molar-refractivity contribution in [2.24, 2.45) is 0 Å². The van der Waals surface area contributed by atoms with Crippen LogP contribution in [0.15, 0.2) is 137 Å². The molecule has 0 bridgehead atoms. The molecule has 5 rings (SSSR count). The smallest absolute Gasteiger partial charge is 0.338 e. The molecule has 0 unspecified atom stereocenters. The molecular formula is C35H30O3S. The number of hydrogen-bond donors (Lipinski definition) is 0. The van der Waals surface area contributed by atoms with Crippen molar-refractivity contribution >= 4 is 23.5 Å². The average molecular weight is 531 g/mol. The zero-order valence-corrected chi connectivity index (χ0v) is 23.1. The molecule has 0 aliphatic rings. The molecule has 5 aromatic rings. The largest absolute Gasteiger partial charge is 0.465 e. The van der Waals surface area contributed by atoms with Crippen LogP contribution in [0.1, 0.15) is 37.4 Å². The van der Waals surface area contributed by atoms with Gasteiger partial charge in [0, 0.05) is 20.9 Å². The molecule has 3 nitrogen and oxygen atoms in total. The predicted molar refractivity (Wildman–Crippen MR) is 160 cm³/mol. The van der Waals surface area contributed by atoms with Crippen LogP contribution in [-0.2, 0) is 4.74 Å². The lowest BCUT2D eigenvalue weighted by molar-refractivity contribution is 0.0597. The Hall–Kier alpha value is -4.41. The van der Waals surface area contributed by atoms with Crippen LogP contribution in [0.25, 0.3) is 11.1 Å². The van der Waals surface area contributed by atoms with Gasteiger partial charge < -0.3 is 4.74 Å². The van der Waals surface area contributed by atoms with E-state index in [4.69, 9.17) is 0 Å². The summed E-state index contributed by atoms with van der Waals surface area (Å²) in [6.45, 7) is 4.31. The third-order valence-electron chi connectivity index (χ3n) is 6.24. The molecule has 4 heteroatoms. The minimum absolute atomic E-state index is 0.184. The lowest BCUT2D eigenvalue weighted by atomic mass is 9.98. The van der Waals surface area contributed by atoms with Gasteiger partial charge in [-0.1, -0.05) is 115 Å². The lowest BCUT2D eigenvalue weighted by Gasteiger charge is -2.08. The number of aryl methyl sites for hydroxylation is 2. The van der Waals surface area contributed by atoms with E-state index in [0.29, 0.717) is 11.1 Å². The fraction of sp³-hybridized carbons (Fsp3) is 0.0857. The zero-order chi connectivity index (χ0) is 27.6. The highest BCUT2D eigenvalue weighted by atomic mass is 32.2. The minimum Gasteiger partial charge on any atom is -0.465 e. The van der Waals surface area contributed by atoms with Gasteiger partial charge in [-0.15, -0.1) is 0 Å². The van der Waals surface area contributed by atoms with Gasteiger partial charge in [-0.25, -0.2) is 4.79 Å². The Balaban J connectivity index is 0.000000183. The first-order valence-corrected chi connectivity index (χ1v) is 13.5. The Labute approximate surface area is 234 Å². The molecule has 0 aromatic heterocycles. The van der Waals surface area contributed by atoms with Gasteiger partial charge in [0.2, 0.25) is 0 Å². The summed E-state index contributed by atoms with van der Waals surface area (Å²) < 4.78 is 4.67. The molecule has 0 N–H and O–H groups in total. The van der Waals surface area contributed by atoms with E-state index in [1.807, 2.05) is 17.8 Å². The van der Waals surface area contributed by atoms with Gasteiger partial charge >= 0.3 is 5.97 Å². The predicted octanol–water partition coefficient (Wildman–Crippen LogP) is 8.83. The molecule has 39 heavy (non-hydrogen) atoms. The molecule has 0 atom stereocenters. The highest BCUT2D eigenvalue weighted by Gasteiger charge is 2.17. The van der Waals surface area contributed by atoms with Crippen LogP contribution in [0.5, 0.6) is 0 Å². The number of carbonyl (C=O) groups excluding carboxylic acids is 2. The number of methoxy groups -OCH3 is 1. The molecular weight excluding hydrogens is 500 g/mol. The molecule has 0 aliphatic carbocycles. The van der Waals surface area contributed by atoms with Gasteiger partial charge in [0.05, 0.1) is 12.7 Å². The van der Waals surface area contributed by atoms with Crippen molar-refractivity contribution in [1.82, 2.24) is 0 Å². The summed E-state index contributed by atoms with van der Waals surface area (Å²) in [6.07, 6.45) is 0. The van der Waals surface area contributed by atoms with E-state index in [-0.39, 0.29) is 11.3 Å². The summed E-state index contributed by atoms with van der Waals surface area (Å²) in [5.41, 5.74) is 6.42. The normalized spacial score (nSPS) is 10.2. The first kappa shape index (κ1) is 27.6. The number of esters is 1. The summed E-state index contributed by atoms with van der Waals surface area (Å²) in [7, 11) is 1.30. The fourth-order valence-corrected chi connectivity index (χ4v) is 5.01. The van der Waals surface area contributed by atoms with Crippen molar-refractivity contribution in [1.29, 1.82) is 0 Å². The van der Waals surface area contributed by atoms with E-state index in [1.54, 1.807) is 48.5 Å². The molecule has 0 aliphatic heterocycles. The van der Waals surface area contributed by atoms with Crippen LogP contribution in [0, 0.1) is 13.8 Å². The summed E-state index contributed by atoms with van der Waals surface area (Å²) in [5.74, 6) is -0.688. The summed E-state index contributed by atoms with van der Waals surface area (Å²) in [5, 5.41) is 0. The standard InChI is InChI=1S/C20H18S.C15H12O3/c1-15-7-3-5-9-19(15)17-11-13-18(14-12-17)21-20-10-6-4-8-16(20)2;1-18-15(17)13-10-6-5-9-12(13)14(16)11-7-3-2-4-8-11/h3-14H,1-2H3;2-10H,1H3. The lowest BCUT2D eigenvalue weighted by Crippen LogP contribution is -2.11. The summed E-state index contributed by atoms with van der Waals surface area (Å²) in [6, 6.07) is 41.3. The maximum atomic E-state index is 12.3. The Bertz CT molecular complexity index is 1560. The second-order valence-corrected chi connectivity index (χ2v) is 10.1. The van der Waals surface area contributed by atoms with Crippen LogP contribution < -0.4 is 0 Å². The van der Waals surface area contributed by atoms with Gasteiger partial charge in [-0.05, 0) is 60.4 Å². The number of rotatable bonds is 6. The third-order valence-corrected chi connectivity index (χ3v) is 7.43. The molecule has 0 amide bonds. The van der Waals surface area contributed by atoms with Gasteiger partial charge in [0.25, 0.3) is 0 Å². The molecule has 194 valence electrons. The van der Waals surface area contributed by atoms with Crippen molar-refractivity contribution in [3.8, 4) is 11.1 Å². The van der Waals surface area contributed by atoms with Gasteiger partial charge in [0.15, 0.2) is 5.78 Å². The van der Waals surface area contributed by atoms with Crippen molar-refractivity contribution in [3.05, 3.63) is 155 Å². The average Bonchev–Trinajstić information content (AvgIpc) is 2.99. The highest BCUT2D eigenvalue weighted by molar-refractivity contribution is 7.99. The number of ketones is 1. The topological polar surface area (TPSA) is 43.4 Å². The van der Waals surface area contributed by atoms with Crippen LogP contribution in [0.2, 0.25) is 0 Å². The first-order valence-electron chi connectivity index (χ1n) is 12.6. The summed E-state index contributed by atoms with van der Waals surface area (Å²) >= 11 is 1.82. The van der Waals surface area contributed by atoms with E-state index in [1.165, 1.54) is 39.2 Å². The van der Waals surface area contributed by atoms with E-state index < -0.39 is 5.97 Å². The van der Waals surface area contributed by atoms with Crippen LogP contribution in [0.3, 0.4) is 0 Å². The fourth-order valence-electron chi connectivity index (χ4n) is 4.11. The van der Waals surface area contributed by atoms with Gasteiger partial charge in [-0.3, -0.25) is 4.79 Å². The van der Waals surface area contributed by atoms with Gasteiger partial charge in [0.1, 0.15) is 0 Å². The van der Waals surface area contributed by atoms with Crippen LogP contribution >= 0.6 is 11.8 Å². The zero-order valence-electron chi connectivity index (χ0n) is 22.3. The van der Waals surface area contributed by atoms with Gasteiger partial charge in [-0.2, -0.15) is 0 Å². The molecule has 0 saturated carbocycles. The van der Waals surface area contributed by atoms with E-state index in [0.717, 1.165) is 0 Å². The first-order chi connectivity index (χ1) is 19.0. The Kier molecular flexibility index (Phi) is 9.49.